The molecule has 3 heterocycles. The summed E-state index contributed by atoms with van der Waals surface area (Å²) in [4.78, 5) is 16.1. The summed E-state index contributed by atoms with van der Waals surface area (Å²) in [7, 11) is -2.25. The number of methoxy groups -OCH3 is 1. The van der Waals surface area contributed by atoms with Gasteiger partial charge in [-0.3, -0.25) is 4.79 Å². The molecular formula is C36H47ClN2O6S. The minimum atomic E-state index is -4.01. The third-order valence-electron chi connectivity index (χ3n) is 10.5. The Balaban J connectivity index is 1.37. The molecule has 0 aromatic heterocycles. The number of rotatable bonds is 3. The molecule has 10 heteroatoms. The molecular weight excluding hydrogens is 624 g/mol. The van der Waals surface area contributed by atoms with Gasteiger partial charge in [-0.05, 0) is 117 Å². The first-order valence-electron chi connectivity index (χ1n) is 16.9. The summed E-state index contributed by atoms with van der Waals surface area (Å²) in [5.74, 6) is 0.607. The van der Waals surface area contributed by atoms with Crippen molar-refractivity contribution in [1.29, 1.82) is 0 Å². The average Bonchev–Trinajstić information content (AvgIpc) is 3.53. The van der Waals surface area contributed by atoms with Crippen molar-refractivity contribution in [2.75, 3.05) is 31.7 Å². The largest absolute Gasteiger partial charge is 0.487 e. The van der Waals surface area contributed by atoms with Crippen LogP contribution in [-0.4, -0.2) is 58.6 Å². The van der Waals surface area contributed by atoms with Crippen LogP contribution in [0, 0.1) is 17.8 Å². The van der Waals surface area contributed by atoms with Crippen LogP contribution in [0.4, 0.5) is 5.69 Å². The summed E-state index contributed by atoms with van der Waals surface area (Å²) in [6.45, 7) is 4.55. The second-order valence-electron chi connectivity index (χ2n) is 13.5. The van der Waals surface area contributed by atoms with E-state index in [1.54, 1.807) is 13.2 Å². The van der Waals surface area contributed by atoms with Crippen LogP contribution in [0.1, 0.15) is 79.8 Å². The lowest BCUT2D eigenvalue weighted by atomic mass is 9.70. The quantitative estimate of drug-likeness (QED) is 0.364. The maximum atomic E-state index is 13.9. The van der Waals surface area contributed by atoms with Gasteiger partial charge in [0.2, 0.25) is 10.0 Å². The lowest BCUT2D eigenvalue weighted by Crippen LogP contribution is -2.44. The molecule has 2 aromatic rings. The van der Waals surface area contributed by atoms with Crippen LogP contribution in [-0.2, 0) is 32.5 Å². The molecule has 4 aliphatic rings. The Labute approximate surface area is 278 Å². The van der Waals surface area contributed by atoms with Gasteiger partial charge in [0, 0.05) is 37.4 Å². The molecule has 3 aliphatic heterocycles. The second-order valence-corrected chi connectivity index (χ2v) is 15.9. The minimum absolute atomic E-state index is 0.0444. The highest BCUT2D eigenvalue weighted by Crippen LogP contribution is 2.42. The van der Waals surface area contributed by atoms with Gasteiger partial charge in [-0.25, -0.2) is 13.1 Å². The third kappa shape index (κ3) is 7.59. The number of sulfonamides is 1. The lowest BCUT2D eigenvalue weighted by Gasteiger charge is -2.43. The normalized spacial score (nSPS) is 30.8. The Morgan fingerprint density at radius 3 is 2.70 bits per heavy atom. The summed E-state index contributed by atoms with van der Waals surface area (Å²) >= 11 is 6.35. The highest BCUT2D eigenvalue weighted by atomic mass is 35.5. The van der Waals surface area contributed by atoms with Gasteiger partial charge in [0.1, 0.15) is 12.4 Å². The summed E-state index contributed by atoms with van der Waals surface area (Å²) in [6.07, 6.45) is 11.7. The van der Waals surface area contributed by atoms with Gasteiger partial charge < -0.3 is 19.1 Å². The molecule has 6 atom stereocenters. The van der Waals surface area contributed by atoms with Crippen molar-refractivity contribution in [2.45, 2.75) is 88.8 Å². The number of fused-ring (bicyclic) bond motifs is 3. The maximum Gasteiger partial charge on any atom is 0.264 e. The zero-order valence-electron chi connectivity index (χ0n) is 27.0. The molecule has 1 aliphatic carbocycles. The summed E-state index contributed by atoms with van der Waals surface area (Å²) < 4.78 is 48.6. The van der Waals surface area contributed by atoms with Gasteiger partial charge in [-0.15, -0.1) is 0 Å². The molecule has 6 rings (SSSR count). The number of hydrogen-bond acceptors (Lipinski definition) is 7. The molecule has 2 fully saturated rings. The number of ether oxygens (including phenoxy) is 3. The zero-order chi connectivity index (χ0) is 32.3. The van der Waals surface area contributed by atoms with Crippen LogP contribution >= 0.6 is 11.6 Å². The molecule has 1 saturated heterocycles. The standard InChI is InChI=1S/C36H47ClN2O6S/c1-24-7-5-10-33(43-2)31-15-12-27(31)22-39-17-4-3-8-25-19-29(37)14-11-28(25)23-45-34-16-13-26(20-32(34)39)36(40)38-46(41,42)35(24)21-30-9-6-18-44-30/h5,10-11,13-14,16,19-20,24,27,30-31,33,35H,3-4,6-9,12,15,17-18,21-23H2,1-2H3,(H,38,40)/b10-5+/t24-,27-,30-,31+,33-,35+/m0/s1. The Kier molecular flexibility index (Phi) is 10.6. The van der Waals surface area contributed by atoms with E-state index < -0.39 is 21.2 Å². The molecule has 46 heavy (non-hydrogen) atoms. The minimum Gasteiger partial charge on any atom is -0.487 e. The van der Waals surface area contributed by atoms with E-state index in [2.05, 4.69) is 21.8 Å². The van der Waals surface area contributed by atoms with Crippen molar-refractivity contribution >= 4 is 33.2 Å². The zero-order valence-corrected chi connectivity index (χ0v) is 28.5. The number of carbonyl (C=O) groups excluding carboxylic acids is 1. The van der Waals surface area contributed by atoms with Crippen molar-refractivity contribution in [3.63, 3.8) is 0 Å². The fraction of sp³-hybridized carbons (Fsp3) is 0.583. The number of aryl methyl sites for hydroxylation is 1. The Morgan fingerprint density at radius 1 is 1.07 bits per heavy atom. The van der Waals surface area contributed by atoms with Crippen molar-refractivity contribution in [3.05, 3.63) is 70.3 Å². The number of anilines is 1. The van der Waals surface area contributed by atoms with E-state index in [1.165, 1.54) is 5.56 Å². The van der Waals surface area contributed by atoms with Gasteiger partial charge in [-0.1, -0.05) is 36.7 Å². The van der Waals surface area contributed by atoms with Crippen molar-refractivity contribution < 1.29 is 27.4 Å². The second kappa shape index (κ2) is 14.7. The number of hydrogen-bond donors (Lipinski definition) is 1. The monoisotopic (exact) mass is 670 g/mol. The van der Waals surface area contributed by atoms with Gasteiger partial charge in [0.05, 0.1) is 23.1 Å². The number of allylic oxidation sites excluding steroid dienone is 1. The highest BCUT2D eigenvalue weighted by Gasteiger charge is 2.39. The van der Waals surface area contributed by atoms with Crippen LogP contribution in [0.2, 0.25) is 5.02 Å². The first-order valence-corrected chi connectivity index (χ1v) is 18.8. The fourth-order valence-electron chi connectivity index (χ4n) is 7.61. The van der Waals surface area contributed by atoms with E-state index in [9.17, 15) is 13.2 Å². The van der Waals surface area contributed by atoms with E-state index in [1.807, 2.05) is 37.3 Å². The Morgan fingerprint density at radius 2 is 1.93 bits per heavy atom. The summed E-state index contributed by atoms with van der Waals surface area (Å²) in [5.41, 5.74) is 3.39. The van der Waals surface area contributed by atoms with E-state index in [4.69, 9.17) is 25.8 Å². The molecule has 1 N–H and O–H groups in total. The molecule has 0 spiro atoms. The number of nitrogens with zero attached hydrogens (tertiary/aromatic N) is 1. The van der Waals surface area contributed by atoms with Gasteiger partial charge in [0.25, 0.3) is 5.91 Å². The number of amides is 1. The summed E-state index contributed by atoms with van der Waals surface area (Å²) in [6, 6.07) is 11.2. The van der Waals surface area contributed by atoms with E-state index in [0.717, 1.165) is 74.3 Å². The molecule has 0 radical (unpaired) electrons. The molecule has 1 amide bonds. The predicted molar refractivity (Wildman–Crippen MR) is 181 cm³/mol. The van der Waals surface area contributed by atoms with Crippen LogP contribution in [0.15, 0.2) is 48.6 Å². The first kappa shape index (κ1) is 33.3. The molecule has 2 aromatic carbocycles. The maximum absolute atomic E-state index is 13.9. The Hall–Kier alpha value is -2.59. The number of nitrogens with one attached hydrogen (secondary N) is 1. The fourth-order valence-corrected chi connectivity index (χ4v) is 9.52. The molecule has 8 nitrogen and oxygen atoms in total. The van der Waals surface area contributed by atoms with Crippen molar-refractivity contribution in [2.24, 2.45) is 17.8 Å². The van der Waals surface area contributed by atoms with E-state index in [0.29, 0.717) is 49.2 Å². The number of benzene rings is 2. The smallest absolute Gasteiger partial charge is 0.264 e. The van der Waals surface area contributed by atoms with Crippen LogP contribution in [0.5, 0.6) is 5.75 Å². The highest BCUT2D eigenvalue weighted by molar-refractivity contribution is 7.90. The molecule has 250 valence electrons. The van der Waals surface area contributed by atoms with Crippen LogP contribution < -0.4 is 14.4 Å². The molecule has 0 unspecified atom stereocenters. The summed E-state index contributed by atoms with van der Waals surface area (Å²) in [5, 5.41) is -0.0568. The van der Waals surface area contributed by atoms with E-state index >= 15 is 0 Å². The van der Waals surface area contributed by atoms with Crippen LogP contribution in [0.25, 0.3) is 0 Å². The molecule has 1 saturated carbocycles. The van der Waals surface area contributed by atoms with Gasteiger partial charge in [-0.2, -0.15) is 0 Å². The van der Waals surface area contributed by atoms with Crippen LogP contribution in [0.3, 0.4) is 0 Å². The number of carbonyl (C=O) groups is 1. The predicted octanol–water partition coefficient (Wildman–Crippen LogP) is 6.70. The molecule has 2 bridgehead atoms. The topological polar surface area (TPSA) is 94.2 Å². The third-order valence-corrected chi connectivity index (χ3v) is 12.6. The van der Waals surface area contributed by atoms with Crippen molar-refractivity contribution in [1.82, 2.24) is 4.72 Å². The lowest BCUT2D eigenvalue weighted by molar-refractivity contribution is 0.0134. The van der Waals surface area contributed by atoms with Crippen molar-refractivity contribution in [3.8, 4) is 5.75 Å². The van der Waals surface area contributed by atoms with Gasteiger partial charge in [0.15, 0.2) is 0 Å². The Bertz CT molecular complexity index is 1520. The SMILES string of the molecule is CO[C@H]1/C=C/C[C@H](C)[C@@H](C[C@@H]2CCCO2)S(=O)(=O)NC(=O)c2ccc3c(c2)N(CCCCc2cc(Cl)ccc2CO3)C[C@@H]2CC[C@H]21. The average molecular weight is 671 g/mol. The van der Waals surface area contributed by atoms with Gasteiger partial charge >= 0.3 is 0 Å². The van der Waals surface area contributed by atoms with E-state index in [-0.39, 0.29) is 18.1 Å². The number of halogens is 1. The first-order chi connectivity index (χ1) is 22.2.